The summed E-state index contributed by atoms with van der Waals surface area (Å²) < 4.78 is 47.4. The van der Waals surface area contributed by atoms with Gasteiger partial charge in [0.15, 0.2) is 0 Å². The summed E-state index contributed by atoms with van der Waals surface area (Å²) in [4.78, 5) is 12.8. The number of allylic oxidation sites excluding steroid dienone is 1. The largest absolute Gasteiger partial charge is 0.447 e. The van der Waals surface area contributed by atoms with Crippen molar-refractivity contribution >= 4 is 40.7 Å². The molecule has 0 unspecified atom stereocenters. The second-order valence-electron chi connectivity index (χ2n) is 11.5. The summed E-state index contributed by atoms with van der Waals surface area (Å²) in [5.74, 6) is 0. The molecule has 10 nitrogen and oxygen atoms in total. The van der Waals surface area contributed by atoms with E-state index in [1.807, 2.05) is 48.6 Å². The van der Waals surface area contributed by atoms with Crippen molar-refractivity contribution in [2.45, 2.75) is 49.7 Å². The SMILES string of the molecule is COCO[C@H]([C@H](/C=C/CBr)OCOC)[C@H](OCOC)[C@@]1(CO[Si](c2ccccc2)(c2ccccc2)C(C)(C)C)COC(=O)N1. The fraction of sp³-hybridized carbons (Fsp3) is 0.531. The average molecular weight is 697 g/mol. The molecule has 0 saturated carbocycles. The lowest BCUT2D eigenvalue weighted by atomic mass is 9.88. The molecule has 0 aliphatic carbocycles. The van der Waals surface area contributed by atoms with Crippen LogP contribution in [0.1, 0.15) is 20.8 Å². The van der Waals surface area contributed by atoms with Gasteiger partial charge in [0.05, 0.1) is 6.61 Å². The van der Waals surface area contributed by atoms with Crippen LogP contribution in [0.5, 0.6) is 0 Å². The molecule has 1 amide bonds. The molecule has 1 fully saturated rings. The first-order chi connectivity index (χ1) is 21.2. The first-order valence-electron chi connectivity index (χ1n) is 14.4. The van der Waals surface area contributed by atoms with E-state index in [9.17, 15) is 4.79 Å². The summed E-state index contributed by atoms with van der Waals surface area (Å²) in [6.07, 6.45) is 0.826. The molecule has 2 aromatic carbocycles. The van der Waals surface area contributed by atoms with Gasteiger partial charge in [0.2, 0.25) is 0 Å². The number of carbonyl (C=O) groups is 1. The quantitative estimate of drug-likeness (QED) is 0.101. The maximum Gasteiger partial charge on any atom is 0.407 e. The Hall–Kier alpha value is -2.13. The lowest BCUT2D eigenvalue weighted by Crippen LogP contribution is -2.71. The smallest absolute Gasteiger partial charge is 0.407 e. The van der Waals surface area contributed by atoms with Gasteiger partial charge in [-0.3, -0.25) is 0 Å². The molecule has 244 valence electrons. The number of hydrogen-bond acceptors (Lipinski definition) is 9. The molecule has 0 spiro atoms. The van der Waals surface area contributed by atoms with Crippen molar-refractivity contribution in [2.75, 3.05) is 60.3 Å². The Morgan fingerprint density at radius 3 is 1.93 bits per heavy atom. The van der Waals surface area contributed by atoms with E-state index in [1.54, 1.807) is 7.11 Å². The van der Waals surface area contributed by atoms with Gasteiger partial charge in [-0.15, -0.1) is 0 Å². The Bertz CT molecular complexity index is 1110. The first kappa shape index (κ1) is 36.3. The Morgan fingerprint density at radius 1 is 0.909 bits per heavy atom. The maximum absolute atomic E-state index is 12.8. The summed E-state index contributed by atoms with van der Waals surface area (Å²) in [7, 11) is 1.58. The summed E-state index contributed by atoms with van der Waals surface area (Å²) in [6.45, 7) is 6.43. The monoisotopic (exact) mass is 695 g/mol. The first-order valence-corrected chi connectivity index (χ1v) is 17.5. The van der Waals surface area contributed by atoms with E-state index < -0.39 is 38.3 Å². The normalized spacial score (nSPS) is 19.5. The van der Waals surface area contributed by atoms with Crippen molar-refractivity contribution < 1.29 is 42.4 Å². The second-order valence-corrected chi connectivity index (χ2v) is 16.4. The fourth-order valence-corrected chi connectivity index (χ4v) is 10.4. The molecule has 0 bridgehead atoms. The van der Waals surface area contributed by atoms with E-state index in [-0.39, 0.29) is 38.6 Å². The number of amides is 1. The van der Waals surface area contributed by atoms with Crippen LogP contribution in [0, 0.1) is 0 Å². The van der Waals surface area contributed by atoms with Gasteiger partial charge in [-0.25, -0.2) is 4.79 Å². The van der Waals surface area contributed by atoms with E-state index in [2.05, 4.69) is 66.3 Å². The standard InChI is InChI=1S/C32H46BrNO9Si/c1-31(2,3)44(25-14-9-7-10-15-25,26-16-11-8-12-17-26)43-21-32(20-39-30(35)34-32)29(42-24-38-6)28(41-23-37-5)27(18-13-19-33)40-22-36-4/h7-18,27-29H,19-24H2,1-6H3,(H,34,35)/b18-13+/t27-,28+,29-,32-/m0/s1. The van der Waals surface area contributed by atoms with E-state index in [1.165, 1.54) is 14.2 Å². The number of alkyl carbamates (subject to hydrolysis) is 1. The van der Waals surface area contributed by atoms with Crippen molar-refractivity contribution in [1.82, 2.24) is 5.32 Å². The van der Waals surface area contributed by atoms with Gasteiger partial charge in [-0.05, 0) is 15.4 Å². The van der Waals surface area contributed by atoms with E-state index in [0.717, 1.165) is 10.4 Å². The summed E-state index contributed by atoms with van der Waals surface area (Å²) in [5.41, 5.74) is -1.20. The van der Waals surface area contributed by atoms with E-state index >= 15 is 0 Å². The van der Waals surface area contributed by atoms with Gasteiger partial charge in [0.1, 0.15) is 50.8 Å². The summed E-state index contributed by atoms with van der Waals surface area (Å²) in [6, 6.07) is 20.6. The predicted octanol–water partition coefficient (Wildman–Crippen LogP) is 3.96. The van der Waals surface area contributed by atoms with E-state index in [4.69, 9.17) is 37.6 Å². The van der Waals surface area contributed by atoms with Crippen molar-refractivity contribution in [3.05, 3.63) is 72.8 Å². The molecule has 1 heterocycles. The van der Waals surface area contributed by atoms with Crippen molar-refractivity contribution in [2.24, 2.45) is 0 Å². The zero-order valence-electron chi connectivity index (χ0n) is 26.5. The van der Waals surface area contributed by atoms with Gasteiger partial charge >= 0.3 is 6.09 Å². The Morgan fingerprint density at radius 2 is 1.45 bits per heavy atom. The number of benzene rings is 2. The third kappa shape index (κ3) is 8.77. The number of cyclic esters (lactones) is 1. The van der Waals surface area contributed by atoms with Crippen LogP contribution in [0.3, 0.4) is 0 Å². The molecule has 0 radical (unpaired) electrons. The van der Waals surface area contributed by atoms with Crippen LogP contribution < -0.4 is 15.7 Å². The van der Waals surface area contributed by atoms with Crippen LogP contribution in [0.2, 0.25) is 5.04 Å². The minimum atomic E-state index is -3.02. The number of methoxy groups -OCH3 is 3. The molecule has 3 rings (SSSR count). The number of alkyl halides is 1. The summed E-state index contributed by atoms with van der Waals surface area (Å²) >= 11 is 3.44. The Labute approximate surface area is 270 Å². The molecule has 12 heteroatoms. The molecule has 1 aliphatic rings. The van der Waals surface area contributed by atoms with Crippen LogP contribution in [-0.4, -0.2) is 98.5 Å². The minimum Gasteiger partial charge on any atom is -0.447 e. The highest BCUT2D eigenvalue weighted by molar-refractivity contribution is 9.09. The van der Waals surface area contributed by atoms with Gasteiger partial charge in [-0.2, -0.15) is 0 Å². The molecule has 0 aromatic heterocycles. The maximum atomic E-state index is 12.8. The molecular weight excluding hydrogens is 650 g/mol. The highest BCUT2D eigenvalue weighted by atomic mass is 79.9. The molecule has 2 aromatic rings. The topological polar surface area (TPSA) is 103 Å². The van der Waals surface area contributed by atoms with Crippen LogP contribution in [0.4, 0.5) is 4.79 Å². The molecule has 4 atom stereocenters. The average Bonchev–Trinajstić information content (AvgIpc) is 3.41. The number of carbonyl (C=O) groups excluding carboxylic acids is 1. The zero-order chi connectivity index (χ0) is 32.1. The molecular formula is C32H46BrNO9Si. The molecule has 1 aliphatic heterocycles. The zero-order valence-corrected chi connectivity index (χ0v) is 29.0. The van der Waals surface area contributed by atoms with Gasteiger partial charge in [-0.1, -0.05) is 110 Å². The third-order valence-corrected chi connectivity index (χ3v) is 12.8. The fourth-order valence-electron chi connectivity index (χ4n) is 5.58. The highest BCUT2D eigenvalue weighted by Crippen LogP contribution is 2.38. The van der Waals surface area contributed by atoms with Gasteiger partial charge in [0, 0.05) is 26.7 Å². The Balaban J connectivity index is 2.18. The van der Waals surface area contributed by atoms with Crippen molar-refractivity contribution in [3.8, 4) is 0 Å². The van der Waals surface area contributed by atoms with Gasteiger partial charge < -0.3 is 42.9 Å². The van der Waals surface area contributed by atoms with Crippen LogP contribution >= 0.6 is 15.9 Å². The van der Waals surface area contributed by atoms with E-state index in [0.29, 0.717) is 5.33 Å². The minimum absolute atomic E-state index is 0.00441. The lowest BCUT2D eigenvalue weighted by molar-refractivity contribution is -0.216. The number of ether oxygens (including phenoxy) is 7. The number of hydrogen-bond donors (Lipinski definition) is 1. The van der Waals surface area contributed by atoms with Crippen LogP contribution in [0.25, 0.3) is 0 Å². The van der Waals surface area contributed by atoms with Crippen LogP contribution in [0.15, 0.2) is 72.8 Å². The van der Waals surface area contributed by atoms with Crippen molar-refractivity contribution in [1.29, 1.82) is 0 Å². The third-order valence-electron chi connectivity index (χ3n) is 7.48. The predicted molar refractivity (Wildman–Crippen MR) is 174 cm³/mol. The molecule has 1 saturated heterocycles. The number of rotatable bonds is 19. The second kappa shape index (κ2) is 17.5. The Kier molecular flexibility index (Phi) is 14.5. The highest BCUT2D eigenvalue weighted by Gasteiger charge is 2.57. The van der Waals surface area contributed by atoms with Gasteiger partial charge in [0.25, 0.3) is 8.32 Å². The number of halogens is 1. The molecule has 44 heavy (non-hydrogen) atoms. The van der Waals surface area contributed by atoms with Crippen molar-refractivity contribution in [3.63, 3.8) is 0 Å². The van der Waals surface area contributed by atoms with Crippen LogP contribution in [-0.2, 0) is 37.6 Å². The lowest BCUT2D eigenvalue weighted by Gasteiger charge is -2.47. The number of nitrogens with one attached hydrogen (secondary N) is 1. The summed E-state index contributed by atoms with van der Waals surface area (Å²) in [5, 5.41) is 5.52. The molecule has 1 N–H and O–H groups in total.